The van der Waals surface area contributed by atoms with Crippen LogP contribution in [0.1, 0.15) is 18.4 Å². The lowest BCUT2D eigenvalue weighted by Gasteiger charge is -2.30. The van der Waals surface area contributed by atoms with Crippen LogP contribution in [0, 0.1) is 10.1 Å². The highest BCUT2D eigenvalue weighted by molar-refractivity contribution is 5.85. The van der Waals surface area contributed by atoms with Gasteiger partial charge in [0.2, 0.25) is 5.91 Å². The highest BCUT2D eigenvalue weighted by Crippen LogP contribution is 2.14. The van der Waals surface area contributed by atoms with Crippen LogP contribution in [0.5, 0.6) is 0 Å². The molecule has 2 N–H and O–H groups in total. The van der Waals surface area contributed by atoms with Gasteiger partial charge in [0.15, 0.2) is 0 Å². The molecule has 0 saturated carbocycles. The van der Waals surface area contributed by atoms with E-state index in [4.69, 9.17) is 5.73 Å². The number of carbonyl (C=O) groups excluding carboxylic acids is 1. The number of amides is 1. The number of nitro groups is 1. The molecule has 1 aromatic carbocycles. The van der Waals surface area contributed by atoms with Gasteiger partial charge >= 0.3 is 0 Å². The van der Waals surface area contributed by atoms with Crippen LogP contribution in [0.4, 0.5) is 5.69 Å². The number of carbonyl (C=O) groups is 1. The fourth-order valence-corrected chi connectivity index (χ4v) is 2.26. The predicted octanol–water partition coefficient (Wildman–Crippen LogP) is 1.51. The standard InChI is InChI=1S/C13H17N3O3.ClH/c14-11-2-1-7-15(9-11)13(17)8-10-3-5-12(6-4-10)16(18)19;/h3-6,11H,1-2,7-9,14H2;1H. The summed E-state index contributed by atoms with van der Waals surface area (Å²) in [4.78, 5) is 23.9. The van der Waals surface area contributed by atoms with Crippen molar-refractivity contribution in [2.24, 2.45) is 5.73 Å². The molecule has 1 heterocycles. The van der Waals surface area contributed by atoms with E-state index < -0.39 is 4.92 Å². The van der Waals surface area contributed by atoms with Crippen LogP contribution in [0.2, 0.25) is 0 Å². The van der Waals surface area contributed by atoms with E-state index in [1.807, 2.05) is 0 Å². The normalized spacial score (nSPS) is 18.2. The van der Waals surface area contributed by atoms with Gasteiger partial charge < -0.3 is 10.6 Å². The molecular weight excluding hydrogens is 282 g/mol. The minimum Gasteiger partial charge on any atom is -0.341 e. The van der Waals surface area contributed by atoms with Gasteiger partial charge in [-0.3, -0.25) is 14.9 Å². The number of non-ortho nitro benzene ring substituents is 1. The molecular formula is C13H18ClN3O3. The number of hydrogen-bond acceptors (Lipinski definition) is 4. The van der Waals surface area contributed by atoms with Crippen molar-refractivity contribution in [3.63, 3.8) is 0 Å². The number of nitrogens with zero attached hydrogens (tertiary/aromatic N) is 2. The SMILES string of the molecule is Cl.NC1CCCN(C(=O)Cc2ccc([N+](=O)[O-])cc2)C1. The third kappa shape index (κ3) is 4.18. The van der Waals surface area contributed by atoms with Gasteiger partial charge in [0.25, 0.3) is 5.69 Å². The van der Waals surface area contributed by atoms with E-state index in [0.29, 0.717) is 6.54 Å². The first kappa shape index (κ1) is 16.4. The maximum atomic E-state index is 12.1. The fourth-order valence-electron chi connectivity index (χ4n) is 2.26. The molecule has 6 nitrogen and oxygen atoms in total. The Balaban J connectivity index is 0.00000200. The number of rotatable bonds is 3. The summed E-state index contributed by atoms with van der Waals surface area (Å²) < 4.78 is 0. The molecule has 0 aliphatic carbocycles. The molecule has 1 fully saturated rings. The third-order valence-electron chi connectivity index (χ3n) is 3.31. The van der Waals surface area contributed by atoms with Crippen LogP contribution >= 0.6 is 12.4 Å². The Morgan fingerprint density at radius 1 is 1.40 bits per heavy atom. The molecule has 7 heteroatoms. The van der Waals surface area contributed by atoms with Crippen molar-refractivity contribution in [1.29, 1.82) is 0 Å². The molecule has 1 aromatic rings. The maximum absolute atomic E-state index is 12.1. The minimum atomic E-state index is -0.449. The van der Waals surface area contributed by atoms with Crippen LogP contribution in [0.15, 0.2) is 24.3 Å². The number of nitro benzene ring substituents is 1. The largest absolute Gasteiger partial charge is 0.341 e. The highest BCUT2D eigenvalue weighted by atomic mass is 35.5. The van der Waals surface area contributed by atoms with Crippen molar-refractivity contribution < 1.29 is 9.72 Å². The summed E-state index contributed by atoms with van der Waals surface area (Å²) in [5.41, 5.74) is 6.67. The zero-order valence-corrected chi connectivity index (χ0v) is 11.8. The summed E-state index contributed by atoms with van der Waals surface area (Å²) in [6.45, 7) is 1.35. The number of benzene rings is 1. The first-order valence-electron chi connectivity index (χ1n) is 6.33. The molecule has 1 aliphatic heterocycles. The number of piperidine rings is 1. The summed E-state index contributed by atoms with van der Waals surface area (Å²) in [5, 5.41) is 10.5. The number of hydrogen-bond donors (Lipinski definition) is 1. The monoisotopic (exact) mass is 299 g/mol. The Morgan fingerprint density at radius 3 is 2.60 bits per heavy atom. The summed E-state index contributed by atoms with van der Waals surface area (Å²) in [5.74, 6) is 0.0315. The lowest BCUT2D eigenvalue weighted by atomic mass is 10.0. The van der Waals surface area contributed by atoms with Gasteiger partial charge in [0.05, 0.1) is 11.3 Å². The summed E-state index contributed by atoms with van der Waals surface area (Å²) in [6, 6.07) is 6.16. The molecule has 1 amide bonds. The van der Waals surface area contributed by atoms with E-state index in [1.165, 1.54) is 12.1 Å². The Kier molecular flexibility index (Phi) is 5.91. The summed E-state index contributed by atoms with van der Waals surface area (Å²) in [7, 11) is 0. The number of nitrogens with two attached hydrogens (primary N) is 1. The summed E-state index contributed by atoms with van der Waals surface area (Å²) >= 11 is 0. The number of halogens is 1. The average Bonchev–Trinajstić information content (AvgIpc) is 2.39. The smallest absolute Gasteiger partial charge is 0.269 e. The lowest BCUT2D eigenvalue weighted by Crippen LogP contribution is -2.46. The zero-order chi connectivity index (χ0) is 13.8. The van der Waals surface area contributed by atoms with Gasteiger partial charge in [-0.15, -0.1) is 12.4 Å². The van der Waals surface area contributed by atoms with Gasteiger partial charge in [0.1, 0.15) is 0 Å². The molecule has 1 aliphatic rings. The minimum absolute atomic E-state index is 0. The van der Waals surface area contributed by atoms with Crippen LogP contribution in [-0.4, -0.2) is 34.9 Å². The van der Waals surface area contributed by atoms with Crippen LogP contribution in [0.3, 0.4) is 0 Å². The molecule has 0 bridgehead atoms. The first-order valence-corrected chi connectivity index (χ1v) is 6.33. The quantitative estimate of drug-likeness (QED) is 0.676. The predicted molar refractivity (Wildman–Crippen MR) is 77.8 cm³/mol. The van der Waals surface area contributed by atoms with E-state index in [9.17, 15) is 14.9 Å². The molecule has 1 saturated heterocycles. The van der Waals surface area contributed by atoms with Gasteiger partial charge in [0, 0.05) is 31.3 Å². The van der Waals surface area contributed by atoms with Crippen LogP contribution in [0.25, 0.3) is 0 Å². The Hall–Kier alpha value is -1.66. The van der Waals surface area contributed by atoms with Gasteiger partial charge in [-0.1, -0.05) is 12.1 Å². The zero-order valence-electron chi connectivity index (χ0n) is 11.0. The van der Waals surface area contributed by atoms with Gasteiger partial charge in [-0.2, -0.15) is 0 Å². The van der Waals surface area contributed by atoms with E-state index in [-0.39, 0.29) is 36.5 Å². The second-order valence-electron chi connectivity index (χ2n) is 4.84. The molecule has 1 unspecified atom stereocenters. The van der Waals surface area contributed by atoms with E-state index in [1.54, 1.807) is 17.0 Å². The molecule has 0 radical (unpaired) electrons. The van der Waals surface area contributed by atoms with Crippen molar-refractivity contribution in [2.45, 2.75) is 25.3 Å². The molecule has 1 atom stereocenters. The van der Waals surface area contributed by atoms with Crippen molar-refractivity contribution >= 4 is 24.0 Å². The van der Waals surface area contributed by atoms with E-state index in [2.05, 4.69) is 0 Å². The number of likely N-dealkylation sites (tertiary alicyclic amines) is 1. The van der Waals surface area contributed by atoms with Crippen LogP contribution < -0.4 is 5.73 Å². The third-order valence-corrected chi connectivity index (χ3v) is 3.31. The molecule has 0 aromatic heterocycles. The topological polar surface area (TPSA) is 89.5 Å². The van der Waals surface area contributed by atoms with Crippen molar-refractivity contribution in [2.75, 3.05) is 13.1 Å². The average molecular weight is 300 g/mol. The van der Waals surface area contributed by atoms with Gasteiger partial charge in [-0.25, -0.2) is 0 Å². The fraction of sp³-hybridized carbons (Fsp3) is 0.462. The van der Waals surface area contributed by atoms with E-state index in [0.717, 1.165) is 24.9 Å². The highest BCUT2D eigenvalue weighted by Gasteiger charge is 2.21. The molecule has 110 valence electrons. The maximum Gasteiger partial charge on any atom is 0.269 e. The Morgan fingerprint density at radius 2 is 2.05 bits per heavy atom. The van der Waals surface area contributed by atoms with Crippen molar-refractivity contribution in [3.8, 4) is 0 Å². The summed E-state index contributed by atoms with van der Waals surface area (Å²) in [6.07, 6.45) is 2.17. The van der Waals surface area contributed by atoms with Crippen molar-refractivity contribution in [3.05, 3.63) is 39.9 Å². The van der Waals surface area contributed by atoms with Crippen molar-refractivity contribution in [1.82, 2.24) is 4.90 Å². The second kappa shape index (κ2) is 7.21. The van der Waals surface area contributed by atoms with Gasteiger partial charge in [-0.05, 0) is 18.4 Å². The van der Waals surface area contributed by atoms with Crippen LogP contribution in [-0.2, 0) is 11.2 Å². The molecule has 20 heavy (non-hydrogen) atoms. The second-order valence-corrected chi connectivity index (χ2v) is 4.84. The Bertz CT molecular complexity index is 478. The Labute approximate surface area is 123 Å². The first-order chi connectivity index (χ1) is 9.06. The lowest BCUT2D eigenvalue weighted by molar-refractivity contribution is -0.384. The van der Waals surface area contributed by atoms with E-state index >= 15 is 0 Å². The molecule has 0 spiro atoms. The molecule has 2 rings (SSSR count).